The second kappa shape index (κ2) is 6.88. The Bertz CT molecular complexity index is 412. The van der Waals surface area contributed by atoms with Gasteiger partial charge in [-0.05, 0) is 31.7 Å². The maximum absolute atomic E-state index is 5.62. The Morgan fingerprint density at radius 2 is 2.05 bits per heavy atom. The lowest BCUT2D eigenvalue weighted by Gasteiger charge is -2.20. The van der Waals surface area contributed by atoms with Crippen LogP contribution in [0.4, 0.5) is 11.8 Å². The molecular formula is C15H24N4O. The van der Waals surface area contributed by atoms with Crippen LogP contribution in [0.1, 0.15) is 38.5 Å². The molecule has 0 saturated carbocycles. The van der Waals surface area contributed by atoms with E-state index in [0.717, 1.165) is 44.4 Å². The molecule has 0 amide bonds. The van der Waals surface area contributed by atoms with Gasteiger partial charge in [0.05, 0.1) is 6.10 Å². The van der Waals surface area contributed by atoms with E-state index < -0.39 is 0 Å². The number of aromatic nitrogens is 2. The lowest BCUT2D eigenvalue weighted by atomic mass is 10.2. The lowest BCUT2D eigenvalue weighted by molar-refractivity contribution is 0.120. The molecule has 1 aromatic heterocycles. The van der Waals surface area contributed by atoms with E-state index in [2.05, 4.69) is 20.2 Å². The number of nitrogens with zero attached hydrogens (tertiary/aromatic N) is 3. The Labute approximate surface area is 120 Å². The number of rotatable bonds is 4. The molecule has 2 aliphatic heterocycles. The summed E-state index contributed by atoms with van der Waals surface area (Å²) >= 11 is 0. The molecule has 1 unspecified atom stereocenters. The van der Waals surface area contributed by atoms with Crippen LogP contribution in [-0.2, 0) is 4.74 Å². The molecule has 0 aromatic carbocycles. The molecule has 2 saturated heterocycles. The summed E-state index contributed by atoms with van der Waals surface area (Å²) < 4.78 is 5.62. The standard InChI is InChI=1S/C15H24N4O/c1-2-4-10-19(9-3-1)15-16-8-7-14(18-15)17-12-13-6-5-11-20-13/h7-8,13H,1-6,9-12H2,(H,16,17,18). The van der Waals surface area contributed by atoms with Crippen molar-refractivity contribution in [2.45, 2.75) is 44.6 Å². The minimum absolute atomic E-state index is 0.339. The molecular weight excluding hydrogens is 252 g/mol. The van der Waals surface area contributed by atoms with E-state index in [4.69, 9.17) is 4.74 Å². The fraction of sp³-hybridized carbons (Fsp3) is 0.733. The van der Waals surface area contributed by atoms with Crippen LogP contribution in [-0.4, -0.2) is 42.3 Å². The summed E-state index contributed by atoms with van der Waals surface area (Å²) in [6.45, 7) is 3.90. The fourth-order valence-electron chi connectivity index (χ4n) is 2.89. The van der Waals surface area contributed by atoms with Crippen molar-refractivity contribution in [2.24, 2.45) is 0 Å². The minimum atomic E-state index is 0.339. The first kappa shape index (κ1) is 13.6. The van der Waals surface area contributed by atoms with Gasteiger partial charge in [-0.15, -0.1) is 0 Å². The second-order valence-corrected chi connectivity index (χ2v) is 5.66. The quantitative estimate of drug-likeness (QED) is 0.915. The molecule has 3 rings (SSSR count). The minimum Gasteiger partial charge on any atom is -0.376 e. The number of nitrogens with one attached hydrogen (secondary N) is 1. The molecule has 3 heterocycles. The maximum Gasteiger partial charge on any atom is 0.227 e. The zero-order chi connectivity index (χ0) is 13.6. The van der Waals surface area contributed by atoms with Crippen LogP contribution in [0, 0.1) is 0 Å². The lowest BCUT2D eigenvalue weighted by Crippen LogP contribution is -2.26. The Morgan fingerprint density at radius 1 is 1.20 bits per heavy atom. The Kier molecular flexibility index (Phi) is 4.69. The predicted molar refractivity (Wildman–Crippen MR) is 80.2 cm³/mol. The first-order valence-electron chi connectivity index (χ1n) is 7.85. The highest BCUT2D eigenvalue weighted by molar-refractivity contribution is 5.41. The second-order valence-electron chi connectivity index (χ2n) is 5.66. The van der Waals surface area contributed by atoms with Crippen LogP contribution >= 0.6 is 0 Å². The topological polar surface area (TPSA) is 50.3 Å². The zero-order valence-electron chi connectivity index (χ0n) is 12.1. The van der Waals surface area contributed by atoms with E-state index in [9.17, 15) is 0 Å². The molecule has 1 atom stereocenters. The van der Waals surface area contributed by atoms with E-state index >= 15 is 0 Å². The van der Waals surface area contributed by atoms with Gasteiger partial charge in [-0.1, -0.05) is 12.8 Å². The SMILES string of the molecule is c1cc(NCC2CCCO2)nc(N2CCCCCC2)n1. The molecule has 0 aliphatic carbocycles. The average Bonchev–Trinajstić information content (AvgIpc) is 2.86. The Hall–Kier alpha value is -1.36. The Morgan fingerprint density at radius 3 is 2.80 bits per heavy atom. The van der Waals surface area contributed by atoms with Crippen LogP contribution in [0.3, 0.4) is 0 Å². The monoisotopic (exact) mass is 276 g/mol. The van der Waals surface area contributed by atoms with Crippen molar-refractivity contribution in [3.63, 3.8) is 0 Å². The molecule has 0 radical (unpaired) electrons. The molecule has 110 valence electrons. The van der Waals surface area contributed by atoms with Crippen LogP contribution in [0.25, 0.3) is 0 Å². The van der Waals surface area contributed by atoms with E-state index in [1.165, 1.54) is 32.1 Å². The van der Waals surface area contributed by atoms with E-state index in [0.29, 0.717) is 6.10 Å². The third kappa shape index (κ3) is 3.60. The van der Waals surface area contributed by atoms with Crippen LogP contribution in [0.15, 0.2) is 12.3 Å². The van der Waals surface area contributed by atoms with Crippen LogP contribution < -0.4 is 10.2 Å². The normalized spacial score (nSPS) is 23.6. The van der Waals surface area contributed by atoms with Crippen molar-refractivity contribution in [1.29, 1.82) is 0 Å². The number of hydrogen-bond acceptors (Lipinski definition) is 5. The first-order chi connectivity index (χ1) is 9.92. The van der Waals surface area contributed by atoms with Gasteiger partial charge in [0.2, 0.25) is 5.95 Å². The summed E-state index contributed by atoms with van der Waals surface area (Å²) in [7, 11) is 0. The third-order valence-corrected chi connectivity index (χ3v) is 4.07. The summed E-state index contributed by atoms with van der Waals surface area (Å²) in [4.78, 5) is 11.4. The van der Waals surface area contributed by atoms with Gasteiger partial charge in [-0.25, -0.2) is 4.98 Å². The highest BCUT2D eigenvalue weighted by atomic mass is 16.5. The highest BCUT2D eigenvalue weighted by Crippen LogP contribution is 2.17. The van der Waals surface area contributed by atoms with Gasteiger partial charge in [-0.3, -0.25) is 0 Å². The van der Waals surface area contributed by atoms with Crippen molar-refractivity contribution in [3.05, 3.63) is 12.3 Å². The largest absolute Gasteiger partial charge is 0.376 e. The van der Waals surface area contributed by atoms with Gasteiger partial charge in [0, 0.05) is 32.4 Å². The van der Waals surface area contributed by atoms with Crippen molar-refractivity contribution < 1.29 is 4.74 Å². The van der Waals surface area contributed by atoms with Crippen LogP contribution in [0.2, 0.25) is 0 Å². The molecule has 2 aliphatic rings. The van der Waals surface area contributed by atoms with E-state index in [1.807, 2.05) is 12.3 Å². The van der Waals surface area contributed by atoms with Gasteiger partial charge in [0.25, 0.3) is 0 Å². The summed E-state index contributed by atoms with van der Waals surface area (Å²) in [6, 6.07) is 1.94. The van der Waals surface area contributed by atoms with Gasteiger partial charge in [-0.2, -0.15) is 4.98 Å². The summed E-state index contributed by atoms with van der Waals surface area (Å²) in [5, 5.41) is 3.38. The molecule has 2 fully saturated rings. The van der Waals surface area contributed by atoms with Crippen molar-refractivity contribution in [1.82, 2.24) is 9.97 Å². The number of ether oxygens (including phenoxy) is 1. The average molecular weight is 276 g/mol. The predicted octanol–water partition coefficient (Wildman–Crippen LogP) is 2.45. The Balaban J connectivity index is 1.59. The summed E-state index contributed by atoms with van der Waals surface area (Å²) in [5.41, 5.74) is 0. The molecule has 5 nitrogen and oxygen atoms in total. The molecule has 20 heavy (non-hydrogen) atoms. The number of anilines is 2. The molecule has 1 aromatic rings. The highest BCUT2D eigenvalue weighted by Gasteiger charge is 2.16. The van der Waals surface area contributed by atoms with Crippen molar-refractivity contribution in [3.8, 4) is 0 Å². The van der Waals surface area contributed by atoms with Crippen LogP contribution in [0.5, 0.6) is 0 Å². The molecule has 5 heteroatoms. The fourth-order valence-corrected chi connectivity index (χ4v) is 2.89. The maximum atomic E-state index is 5.62. The molecule has 0 spiro atoms. The zero-order valence-corrected chi connectivity index (χ0v) is 12.1. The first-order valence-corrected chi connectivity index (χ1v) is 7.85. The van der Waals surface area contributed by atoms with Gasteiger partial charge < -0.3 is 15.0 Å². The summed E-state index contributed by atoms with van der Waals surface area (Å²) in [6.07, 6.45) is 9.66. The van der Waals surface area contributed by atoms with Gasteiger partial charge in [0.15, 0.2) is 0 Å². The van der Waals surface area contributed by atoms with E-state index in [1.54, 1.807) is 0 Å². The summed E-state index contributed by atoms with van der Waals surface area (Å²) in [5.74, 6) is 1.78. The van der Waals surface area contributed by atoms with Gasteiger partial charge in [0.1, 0.15) is 5.82 Å². The molecule has 0 bridgehead atoms. The van der Waals surface area contributed by atoms with Crippen molar-refractivity contribution in [2.75, 3.05) is 36.5 Å². The van der Waals surface area contributed by atoms with Crippen molar-refractivity contribution >= 4 is 11.8 Å². The third-order valence-electron chi connectivity index (χ3n) is 4.07. The van der Waals surface area contributed by atoms with Gasteiger partial charge >= 0.3 is 0 Å². The number of hydrogen-bond donors (Lipinski definition) is 1. The smallest absolute Gasteiger partial charge is 0.227 e. The molecule has 1 N–H and O–H groups in total. The van der Waals surface area contributed by atoms with E-state index in [-0.39, 0.29) is 0 Å².